The summed E-state index contributed by atoms with van der Waals surface area (Å²) in [7, 11) is 0. The molecule has 0 bridgehead atoms. The Kier molecular flexibility index (Phi) is 2.23. The average Bonchev–Trinajstić information content (AvgIpc) is 2.14. The van der Waals surface area contributed by atoms with E-state index in [0.717, 1.165) is 0 Å². The minimum absolute atomic E-state index is 0.251. The lowest BCUT2D eigenvalue weighted by molar-refractivity contribution is 0.0932. The normalized spacial score (nSPS) is 31.2. The maximum Gasteiger partial charge on any atom is 0.145 e. The minimum atomic E-state index is -0.861. The van der Waals surface area contributed by atoms with Crippen LogP contribution in [0.5, 0.6) is 0 Å². The molecule has 0 aliphatic heterocycles. The molecule has 2 nitrogen and oxygen atoms in total. The molecule has 1 aliphatic carbocycles. The zero-order chi connectivity index (χ0) is 10.2. The molecule has 76 valence electrons. The van der Waals surface area contributed by atoms with Crippen LogP contribution in [-0.4, -0.2) is 17.7 Å². The summed E-state index contributed by atoms with van der Waals surface area (Å²) in [6.45, 7) is 0.251. The molecule has 0 aromatic carbocycles. The first-order valence-electron chi connectivity index (χ1n) is 4.63. The van der Waals surface area contributed by atoms with Crippen LogP contribution in [0.1, 0.15) is 18.5 Å². The summed E-state index contributed by atoms with van der Waals surface area (Å²) in [5.41, 5.74) is 5.31. The first kappa shape index (κ1) is 9.52. The van der Waals surface area contributed by atoms with Gasteiger partial charge in [-0.2, -0.15) is 0 Å². The van der Waals surface area contributed by atoms with E-state index >= 15 is 0 Å². The highest BCUT2D eigenvalue weighted by atomic mass is 19.1. The third kappa shape index (κ3) is 1.30. The topological polar surface area (TPSA) is 38.9 Å². The highest BCUT2D eigenvalue weighted by molar-refractivity contribution is 5.24. The third-order valence-electron chi connectivity index (χ3n) is 2.88. The Balaban J connectivity index is 2.34. The lowest BCUT2D eigenvalue weighted by atomic mass is 9.65. The summed E-state index contributed by atoms with van der Waals surface area (Å²) in [6.07, 6.45) is 1.23. The van der Waals surface area contributed by atoms with E-state index in [0.29, 0.717) is 5.69 Å². The summed E-state index contributed by atoms with van der Waals surface area (Å²) in [5.74, 6) is -0.384. The molecule has 1 aromatic rings. The van der Waals surface area contributed by atoms with E-state index in [1.165, 1.54) is 18.3 Å². The van der Waals surface area contributed by atoms with Gasteiger partial charge in [-0.15, -0.1) is 0 Å². The molecular weight excluding hydrogens is 186 g/mol. The minimum Gasteiger partial charge on any atom is -0.330 e. The van der Waals surface area contributed by atoms with Gasteiger partial charge < -0.3 is 5.73 Å². The lowest BCUT2D eigenvalue weighted by Gasteiger charge is -2.42. The Morgan fingerprint density at radius 3 is 2.79 bits per heavy atom. The summed E-state index contributed by atoms with van der Waals surface area (Å²) >= 11 is 0. The fraction of sp³-hybridized carbons (Fsp3) is 0.500. The van der Waals surface area contributed by atoms with Crippen LogP contribution in [0.2, 0.25) is 0 Å². The Labute approximate surface area is 81.1 Å². The zero-order valence-corrected chi connectivity index (χ0v) is 7.71. The van der Waals surface area contributed by atoms with Gasteiger partial charge in [0.15, 0.2) is 0 Å². The van der Waals surface area contributed by atoms with Gasteiger partial charge in [0, 0.05) is 18.2 Å². The average molecular weight is 198 g/mol. The Bertz CT molecular complexity index is 335. The van der Waals surface area contributed by atoms with Gasteiger partial charge in [0.1, 0.15) is 12.0 Å². The molecule has 2 N–H and O–H groups in total. The number of rotatable bonds is 2. The number of nitrogens with zero attached hydrogens (tertiary/aromatic N) is 1. The molecule has 4 heteroatoms. The number of hydrogen-bond donors (Lipinski definition) is 1. The van der Waals surface area contributed by atoms with Crippen LogP contribution in [0, 0.1) is 5.82 Å². The van der Waals surface area contributed by atoms with Crippen molar-refractivity contribution in [2.45, 2.75) is 24.4 Å². The van der Waals surface area contributed by atoms with Crippen LogP contribution in [0.15, 0.2) is 18.3 Å². The van der Waals surface area contributed by atoms with Crippen molar-refractivity contribution in [1.82, 2.24) is 4.98 Å². The second-order valence-corrected chi connectivity index (χ2v) is 3.82. The largest absolute Gasteiger partial charge is 0.330 e. The van der Waals surface area contributed by atoms with E-state index in [-0.39, 0.29) is 25.2 Å². The molecule has 0 saturated heterocycles. The van der Waals surface area contributed by atoms with Crippen molar-refractivity contribution in [1.29, 1.82) is 0 Å². The molecule has 0 radical (unpaired) electrons. The lowest BCUT2D eigenvalue weighted by Crippen LogP contribution is -2.49. The summed E-state index contributed by atoms with van der Waals surface area (Å²) in [6, 6.07) is 2.86. The van der Waals surface area contributed by atoms with Crippen LogP contribution < -0.4 is 5.73 Å². The van der Waals surface area contributed by atoms with E-state index in [4.69, 9.17) is 5.73 Å². The number of aromatic nitrogens is 1. The van der Waals surface area contributed by atoms with Crippen molar-refractivity contribution in [2.24, 2.45) is 5.73 Å². The SMILES string of the molecule is NC[C@]1(c2ncccc2F)C[C@H](F)C1. The Morgan fingerprint density at radius 2 is 2.29 bits per heavy atom. The van der Waals surface area contributed by atoms with E-state index in [1.54, 1.807) is 0 Å². The Hall–Kier alpha value is -1.03. The predicted octanol–water partition coefficient (Wildman–Crippen LogP) is 1.55. The second kappa shape index (κ2) is 3.28. The van der Waals surface area contributed by atoms with Crippen LogP contribution >= 0.6 is 0 Å². The first-order chi connectivity index (χ1) is 6.68. The van der Waals surface area contributed by atoms with Gasteiger partial charge in [0.2, 0.25) is 0 Å². The fourth-order valence-corrected chi connectivity index (χ4v) is 2.02. The van der Waals surface area contributed by atoms with Gasteiger partial charge >= 0.3 is 0 Å². The molecule has 0 amide bonds. The number of nitrogens with two attached hydrogens (primary N) is 1. The van der Waals surface area contributed by atoms with Crippen molar-refractivity contribution < 1.29 is 8.78 Å². The van der Waals surface area contributed by atoms with Crippen molar-refractivity contribution in [3.05, 3.63) is 29.8 Å². The molecule has 0 atom stereocenters. The maximum atomic E-state index is 13.4. The van der Waals surface area contributed by atoms with Gasteiger partial charge in [-0.25, -0.2) is 8.78 Å². The van der Waals surface area contributed by atoms with E-state index in [9.17, 15) is 8.78 Å². The van der Waals surface area contributed by atoms with Crippen LogP contribution in [0.25, 0.3) is 0 Å². The van der Waals surface area contributed by atoms with Crippen LogP contribution in [-0.2, 0) is 5.41 Å². The molecule has 14 heavy (non-hydrogen) atoms. The number of halogens is 2. The Morgan fingerprint density at radius 1 is 1.57 bits per heavy atom. The van der Waals surface area contributed by atoms with Crippen LogP contribution in [0.3, 0.4) is 0 Å². The monoisotopic (exact) mass is 198 g/mol. The maximum absolute atomic E-state index is 13.4. The van der Waals surface area contributed by atoms with E-state index in [2.05, 4.69) is 4.98 Å². The molecule has 1 aromatic heterocycles. The first-order valence-corrected chi connectivity index (χ1v) is 4.63. The fourth-order valence-electron chi connectivity index (χ4n) is 2.02. The van der Waals surface area contributed by atoms with Gasteiger partial charge in [-0.05, 0) is 25.0 Å². The molecular formula is C10H12F2N2. The van der Waals surface area contributed by atoms with Crippen molar-refractivity contribution in [2.75, 3.05) is 6.54 Å². The standard InChI is InChI=1S/C10H12F2N2/c11-7-4-10(5-7,6-13)9-8(12)2-1-3-14-9/h1-3,7H,4-6,13H2/t7-,10-. The van der Waals surface area contributed by atoms with Gasteiger partial charge in [-0.3, -0.25) is 4.98 Å². The van der Waals surface area contributed by atoms with Crippen molar-refractivity contribution in [3.63, 3.8) is 0 Å². The molecule has 1 saturated carbocycles. The molecule has 0 unspecified atom stereocenters. The summed E-state index contributed by atoms with van der Waals surface area (Å²) in [4.78, 5) is 3.96. The van der Waals surface area contributed by atoms with Crippen LogP contribution in [0.4, 0.5) is 8.78 Å². The van der Waals surface area contributed by atoms with Crippen molar-refractivity contribution >= 4 is 0 Å². The van der Waals surface area contributed by atoms with Gasteiger partial charge in [0.05, 0.1) is 5.69 Å². The highest BCUT2D eigenvalue weighted by Gasteiger charge is 2.47. The van der Waals surface area contributed by atoms with Gasteiger partial charge in [-0.1, -0.05) is 0 Å². The van der Waals surface area contributed by atoms with Crippen molar-refractivity contribution in [3.8, 4) is 0 Å². The number of hydrogen-bond acceptors (Lipinski definition) is 2. The molecule has 1 heterocycles. The number of pyridine rings is 1. The van der Waals surface area contributed by atoms with E-state index < -0.39 is 11.6 Å². The molecule has 2 rings (SSSR count). The second-order valence-electron chi connectivity index (χ2n) is 3.82. The molecule has 0 spiro atoms. The van der Waals surface area contributed by atoms with E-state index in [1.807, 2.05) is 0 Å². The molecule has 1 fully saturated rings. The van der Waals surface area contributed by atoms with Gasteiger partial charge in [0.25, 0.3) is 0 Å². The summed E-state index contributed by atoms with van der Waals surface area (Å²) in [5, 5.41) is 0. The highest BCUT2D eigenvalue weighted by Crippen LogP contribution is 2.44. The zero-order valence-electron chi connectivity index (χ0n) is 7.71. The predicted molar refractivity (Wildman–Crippen MR) is 49.1 cm³/mol. The third-order valence-corrected chi connectivity index (χ3v) is 2.88. The summed E-state index contributed by atoms with van der Waals surface area (Å²) < 4.78 is 26.2. The number of alkyl halides is 1. The quantitative estimate of drug-likeness (QED) is 0.783. The smallest absolute Gasteiger partial charge is 0.145 e. The molecule has 1 aliphatic rings.